The van der Waals surface area contributed by atoms with Crippen molar-refractivity contribution in [2.75, 3.05) is 12.4 Å². The Hall–Kier alpha value is -2.40. The van der Waals surface area contributed by atoms with Crippen LogP contribution in [0, 0.1) is 0 Å². The van der Waals surface area contributed by atoms with Gasteiger partial charge in [-0.05, 0) is 43.5 Å². The number of methoxy groups -OCH3 is 1. The summed E-state index contributed by atoms with van der Waals surface area (Å²) in [5.74, 6) is 0.698. The van der Waals surface area contributed by atoms with Crippen molar-refractivity contribution in [3.05, 3.63) is 53.5 Å². The molecule has 0 aliphatic carbocycles. The summed E-state index contributed by atoms with van der Waals surface area (Å²) >= 11 is 1.74. The zero-order chi connectivity index (χ0) is 16.8. The van der Waals surface area contributed by atoms with Gasteiger partial charge in [0.15, 0.2) is 0 Å². The molecule has 4 nitrogen and oxygen atoms in total. The first-order chi connectivity index (χ1) is 11.8. The molecule has 0 saturated carbocycles. The van der Waals surface area contributed by atoms with E-state index < -0.39 is 0 Å². The molecular formula is C19H20N2O2S. The highest BCUT2D eigenvalue weighted by atomic mass is 32.1. The van der Waals surface area contributed by atoms with Crippen molar-refractivity contribution in [1.82, 2.24) is 4.98 Å². The maximum Gasteiger partial charge on any atom is 0.224 e. The maximum atomic E-state index is 12.1. The van der Waals surface area contributed by atoms with Crippen LogP contribution in [-0.2, 0) is 11.2 Å². The first kappa shape index (κ1) is 16.5. The summed E-state index contributed by atoms with van der Waals surface area (Å²) in [4.78, 5) is 16.7. The molecule has 124 valence electrons. The van der Waals surface area contributed by atoms with Gasteiger partial charge in [0.05, 0.1) is 28.0 Å². The van der Waals surface area contributed by atoms with Gasteiger partial charge in [-0.1, -0.05) is 24.3 Å². The molecule has 2 aromatic carbocycles. The minimum Gasteiger partial charge on any atom is -0.495 e. The van der Waals surface area contributed by atoms with Crippen LogP contribution in [0.1, 0.15) is 24.3 Å². The average molecular weight is 340 g/mol. The molecule has 3 aromatic rings. The van der Waals surface area contributed by atoms with Gasteiger partial charge in [-0.15, -0.1) is 11.3 Å². The number of rotatable bonds is 7. The van der Waals surface area contributed by atoms with Gasteiger partial charge in [-0.25, -0.2) is 4.98 Å². The summed E-state index contributed by atoms with van der Waals surface area (Å²) in [7, 11) is 1.60. The normalized spacial score (nSPS) is 10.7. The fourth-order valence-electron chi connectivity index (χ4n) is 2.55. The van der Waals surface area contributed by atoms with Gasteiger partial charge < -0.3 is 10.1 Å². The van der Waals surface area contributed by atoms with Gasteiger partial charge >= 0.3 is 0 Å². The molecule has 0 aliphatic heterocycles. The van der Waals surface area contributed by atoms with Crippen LogP contribution in [-0.4, -0.2) is 18.0 Å². The lowest BCUT2D eigenvalue weighted by atomic mass is 10.2. The number of benzene rings is 2. The highest BCUT2D eigenvalue weighted by Gasteiger charge is 2.07. The van der Waals surface area contributed by atoms with Crippen molar-refractivity contribution in [1.29, 1.82) is 0 Å². The number of thiazole rings is 1. The first-order valence-electron chi connectivity index (χ1n) is 8.03. The number of anilines is 1. The van der Waals surface area contributed by atoms with Crippen molar-refractivity contribution < 1.29 is 9.53 Å². The van der Waals surface area contributed by atoms with Crippen LogP contribution in [0.5, 0.6) is 5.75 Å². The largest absolute Gasteiger partial charge is 0.495 e. The summed E-state index contributed by atoms with van der Waals surface area (Å²) in [6.45, 7) is 0. The molecule has 0 spiro atoms. The van der Waals surface area contributed by atoms with Crippen LogP contribution in [0.2, 0.25) is 0 Å². The topological polar surface area (TPSA) is 51.2 Å². The Morgan fingerprint density at radius 1 is 1.12 bits per heavy atom. The fraction of sp³-hybridized carbons (Fsp3) is 0.263. The number of ether oxygens (including phenoxy) is 1. The van der Waals surface area contributed by atoms with Crippen LogP contribution >= 0.6 is 11.3 Å². The van der Waals surface area contributed by atoms with Gasteiger partial charge in [0.2, 0.25) is 5.91 Å². The summed E-state index contributed by atoms with van der Waals surface area (Å²) in [6.07, 6.45) is 3.22. The standard InChI is InChI=1S/C19H20N2O2S/c1-23-16-10-4-2-8-14(16)20-18(22)12-6-7-13-19-21-15-9-3-5-11-17(15)24-19/h2-5,8-11H,6-7,12-13H2,1H3,(H,20,22). The number of aromatic nitrogens is 1. The van der Waals surface area contributed by atoms with Gasteiger partial charge in [0.25, 0.3) is 0 Å². The maximum absolute atomic E-state index is 12.1. The lowest BCUT2D eigenvalue weighted by molar-refractivity contribution is -0.116. The van der Waals surface area contributed by atoms with Gasteiger partial charge in [-0.3, -0.25) is 4.79 Å². The Morgan fingerprint density at radius 3 is 2.75 bits per heavy atom. The first-order valence-corrected chi connectivity index (χ1v) is 8.85. The number of nitrogens with zero attached hydrogens (tertiary/aromatic N) is 1. The molecule has 0 radical (unpaired) electrons. The molecule has 0 fully saturated rings. The number of hydrogen-bond acceptors (Lipinski definition) is 4. The van der Waals surface area contributed by atoms with E-state index in [1.807, 2.05) is 42.5 Å². The smallest absolute Gasteiger partial charge is 0.224 e. The number of hydrogen-bond donors (Lipinski definition) is 1. The number of carbonyl (C=O) groups excluding carboxylic acids is 1. The second-order valence-electron chi connectivity index (χ2n) is 5.53. The molecule has 0 bridgehead atoms. The Labute approximate surface area is 145 Å². The number of fused-ring (bicyclic) bond motifs is 1. The Morgan fingerprint density at radius 2 is 1.92 bits per heavy atom. The minimum absolute atomic E-state index is 0.0174. The molecule has 1 amide bonds. The van der Waals surface area contributed by atoms with Gasteiger partial charge in [-0.2, -0.15) is 0 Å². The summed E-state index contributed by atoms with van der Waals surface area (Å²) in [5, 5.41) is 4.04. The van der Waals surface area contributed by atoms with Crippen molar-refractivity contribution in [2.24, 2.45) is 0 Å². The van der Waals surface area contributed by atoms with Gasteiger partial charge in [0, 0.05) is 6.42 Å². The predicted molar refractivity (Wildman–Crippen MR) is 98.8 cm³/mol. The lowest BCUT2D eigenvalue weighted by Gasteiger charge is -2.09. The molecular weight excluding hydrogens is 320 g/mol. The quantitative estimate of drug-likeness (QED) is 0.637. The summed E-state index contributed by atoms with van der Waals surface area (Å²) in [5.41, 5.74) is 1.78. The molecule has 0 saturated heterocycles. The molecule has 1 aromatic heterocycles. The van der Waals surface area contributed by atoms with Crippen molar-refractivity contribution in [2.45, 2.75) is 25.7 Å². The molecule has 24 heavy (non-hydrogen) atoms. The Kier molecular flexibility index (Phi) is 5.43. The highest BCUT2D eigenvalue weighted by molar-refractivity contribution is 7.18. The van der Waals surface area contributed by atoms with Crippen LogP contribution in [0.25, 0.3) is 10.2 Å². The SMILES string of the molecule is COc1ccccc1NC(=O)CCCCc1nc2ccccc2s1. The molecule has 1 heterocycles. The van der Waals surface area contributed by atoms with Crippen LogP contribution in [0.4, 0.5) is 5.69 Å². The molecule has 1 N–H and O–H groups in total. The van der Waals surface area contributed by atoms with E-state index in [9.17, 15) is 4.79 Å². The minimum atomic E-state index is 0.0174. The highest BCUT2D eigenvalue weighted by Crippen LogP contribution is 2.24. The summed E-state index contributed by atoms with van der Waals surface area (Å²) in [6, 6.07) is 15.6. The van der Waals surface area contributed by atoms with Crippen molar-refractivity contribution in [3.63, 3.8) is 0 Å². The van der Waals surface area contributed by atoms with E-state index >= 15 is 0 Å². The monoisotopic (exact) mass is 340 g/mol. The zero-order valence-electron chi connectivity index (χ0n) is 13.6. The number of carbonyl (C=O) groups is 1. The number of amides is 1. The fourth-order valence-corrected chi connectivity index (χ4v) is 3.56. The Bertz CT molecular complexity index is 796. The van der Waals surface area contributed by atoms with E-state index in [0.717, 1.165) is 35.5 Å². The number of aryl methyl sites for hydroxylation is 1. The van der Waals surface area contributed by atoms with Gasteiger partial charge in [0.1, 0.15) is 5.75 Å². The Balaban J connectivity index is 1.45. The third kappa shape index (κ3) is 4.11. The molecule has 0 unspecified atom stereocenters. The molecule has 0 aliphatic rings. The second kappa shape index (κ2) is 7.93. The number of unbranched alkanes of at least 4 members (excludes halogenated alkanes) is 1. The average Bonchev–Trinajstić information content (AvgIpc) is 3.02. The second-order valence-corrected chi connectivity index (χ2v) is 6.65. The summed E-state index contributed by atoms with van der Waals surface area (Å²) < 4.78 is 6.46. The zero-order valence-corrected chi connectivity index (χ0v) is 14.4. The number of para-hydroxylation sites is 3. The molecule has 3 rings (SSSR count). The van der Waals surface area contributed by atoms with Crippen LogP contribution < -0.4 is 10.1 Å². The van der Waals surface area contributed by atoms with Crippen LogP contribution in [0.3, 0.4) is 0 Å². The van der Waals surface area contributed by atoms with E-state index in [-0.39, 0.29) is 5.91 Å². The van der Waals surface area contributed by atoms with Crippen LogP contribution in [0.15, 0.2) is 48.5 Å². The predicted octanol–water partition coefficient (Wildman–Crippen LogP) is 4.66. The van der Waals surface area contributed by atoms with E-state index in [2.05, 4.69) is 16.4 Å². The van der Waals surface area contributed by atoms with Crippen molar-refractivity contribution in [3.8, 4) is 5.75 Å². The van der Waals surface area contributed by atoms with E-state index in [1.165, 1.54) is 4.70 Å². The third-order valence-electron chi connectivity index (χ3n) is 3.76. The number of nitrogens with one attached hydrogen (secondary N) is 1. The molecule has 0 atom stereocenters. The molecule has 5 heteroatoms. The van der Waals surface area contributed by atoms with E-state index in [0.29, 0.717) is 12.2 Å². The van der Waals surface area contributed by atoms with E-state index in [4.69, 9.17) is 4.74 Å². The van der Waals surface area contributed by atoms with Crippen molar-refractivity contribution >= 4 is 33.1 Å². The third-order valence-corrected chi connectivity index (χ3v) is 4.86. The van der Waals surface area contributed by atoms with E-state index in [1.54, 1.807) is 18.4 Å². The lowest BCUT2D eigenvalue weighted by Crippen LogP contribution is -2.11.